The van der Waals surface area contributed by atoms with Crippen LogP contribution in [-0.4, -0.2) is 25.0 Å². The number of anilines is 1. The van der Waals surface area contributed by atoms with Gasteiger partial charge in [0.1, 0.15) is 0 Å². The molecule has 0 unspecified atom stereocenters. The monoisotopic (exact) mass is 368 g/mol. The van der Waals surface area contributed by atoms with E-state index in [9.17, 15) is 9.59 Å². The van der Waals surface area contributed by atoms with Crippen LogP contribution in [0.4, 0.5) is 5.69 Å². The summed E-state index contributed by atoms with van der Waals surface area (Å²) >= 11 is 1.60. The van der Waals surface area contributed by atoms with Gasteiger partial charge in [0.05, 0.1) is 18.1 Å². The SMILES string of the molecule is N#CCCN(C(=O)COC(=O)c1csc2c1CCCC2)c1ccccc1. The Bertz CT molecular complexity index is 823. The number of fused-ring (bicyclic) bond motifs is 1. The Kier molecular flexibility index (Phi) is 6.03. The second-order valence-corrected chi connectivity index (χ2v) is 7.09. The third kappa shape index (κ3) is 4.12. The molecule has 0 saturated heterocycles. The molecule has 0 atom stereocenters. The van der Waals surface area contributed by atoms with Crippen LogP contribution in [0, 0.1) is 11.3 Å². The Morgan fingerprint density at radius 1 is 1.19 bits per heavy atom. The second kappa shape index (κ2) is 8.63. The molecule has 26 heavy (non-hydrogen) atoms. The third-order valence-corrected chi connectivity index (χ3v) is 5.51. The highest BCUT2D eigenvalue weighted by Crippen LogP contribution is 2.30. The average Bonchev–Trinajstić information content (AvgIpc) is 3.11. The molecule has 1 aliphatic carbocycles. The van der Waals surface area contributed by atoms with Crippen LogP contribution in [-0.2, 0) is 22.4 Å². The maximum atomic E-state index is 12.6. The van der Waals surface area contributed by atoms with Crippen LogP contribution in [0.15, 0.2) is 35.7 Å². The fourth-order valence-electron chi connectivity index (χ4n) is 3.12. The van der Waals surface area contributed by atoms with E-state index < -0.39 is 5.97 Å². The number of nitrogens with zero attached hydrogens (tertiary/aromatic N) is 2. The smallest absolute Gasteiger partial charge is 0.339 e. The lowest BCUT2D eigenvalue weighted by molar-refractivity contribution is -0.121. The second-order valence-electron chi connectivity index (χ2n) is 6.12. The minimum Gasteiger partial charge on any atom is -0.452 e. The number of hydrogen-bond donors (Lipinski definition) is 0. The Balaban J connectivity index is 1.65. The van der Waals surface area contributed by atoms with Crippen LogP contribution in [0.3, 0.4) is 0 Å². The van der Waals surface area contributed by atoms with Crippen molar-refractivity contribution in [2.24, 2.45) is 0 Å². The van der Waals surface area contributed by atoms with E-state index in [0.29, 0.717) is 11.3 Å². The van der Waals surface area contributed by atoms with Crippen molar-refractivity contribution in [2.75, 3.05) is 18.1 Å². The molecule has 0 spiro atoms. The van der Waals surface area contributed by atoms with E-state index in [4.69, 9.17) is 10.00 Å². The molecule has 0 N–H and O–H groups in total. The predicted octanol–water partition coefficient (Wildman–Crippen LogP) is 3.73. The first-order chi connectivity index (χ1) is 12.7. The van der Waals surface area contributed by atoms with Crippen LogP contribution in [0.2, 0.25) is 0 Å². The fourth-order valence-corrected chi connectivity index (χ4v) is 4.23. The van der Waals surface area contributed by atoms with Gasteiger partial charge in [-0.15, -0.1) is 11.3 Å². The van der Waals surface area contributed by atoms with E-state index in [2.05, 4.69) is 0 Å². The van der Waals surface area contributed by atoms with Crippen molar-refractivity contribution >= 4 is 28.9 Å². The maximum absolute atomic E-state index is 12.6. The number of benzene rings is 1. The number of ether oxygens (including phenoxy) is 1. The van der Waals surface area contributed by atoms with Gasteiger partial charge in [0.2, 0.25) is 0 Å². The number of para-hydroxylation sites is 1. The summed E-state index contributed by atoms with van der Waals surface area (Å²) in [6.45, 7) is -0.0610. The van der Waals surface area contributed by atoms with Gasteiger partial charge in [-0.25, -0.2) is 4.79 Å². The average molecular weight is 368 g/mol. The van der Waals surface area contributed by atoms with Crippen molar-refractivity contribution in [1.29, 1.82) is 5.26 Å². The number of amides is 1. The molecule has 0 saturated carbocycles. The zero-order valence-corrected chi connectivity index (χ0v) is 15.3. The van der Waals surface area contributed by atoms with Gasteiger partial charge in [0.25, 0.3) is 5.91 Å². The molecule has 1 amide bonds. The number of thiophene rings is 1. The number of rotatable bonds is 6. The summed E-state index contributed by atoms with van der Waals surface area (Å²) in [4.78, 5) is 27.7. The zero-order chi connectivity index (χ0) is 18.4. The zero-order valence-electron chi connectivity index (χ0n) is 14.4. The highest BCUT2D eigenvalue weighted by molar-refractivity contribution is 7.10. The molecule has 3 rings (SSSR count). The number of hydrogen-bond acceptors (Lipinski definition) is 5. The van der Waals surface area contributed by atoms with E-state index in [1.165, 1.54) is 9.78 Å². The van der Waals surface area contributed by atoms with E-state index in [0.717, 1.165) is 31.2 Å². The lowest BCUT2D eigenvalue weighted by Crippen LogP contribution is -2.35. The van der Waals surface area contributed by atoms with Crippen LogP contribution in [0.1, 0.15) is 40.1 Å². The van der Waals surface area contributed by atoms with Crippen molar-refractivity contribution < 1.29 is 14.3 Å². The van der Waals surface area contributed by atoms with Gasteiger partial charge in [-0.3, -0.25) is 4.79 Å². The van der Waals surface area contributed by atoms with Crippen LogP contribution in [0.5, 0.6) is 0 Å². The molecule has 0 fully saturated rings. The minimum atomic E-state index is -0.439. The van der Waals surface area contributed by atoms with Gasteiger partial charge in [-0.05, 0) is 43.4 Å². The minimum absolute atomic E-state index is 0.215. The number of carbonyl (C=O) groups is 2. The Morgan fingerprint density at radius 3 is 2.73 bits per heavy atom. The van der Waals surface area contributed by atoms with E-state index >= 15 is 0 Å². The molecule has 0 bridgehead atoms. The summed E-state index contributed by atoms with van der Waals surface area (Å²) in [5.41, 5.74) is 2.38. The van der Waals surface area contributed by atoms with Crippen molar-refractivity contribution in [2.45, 2.75) is 32.1 Å². The molecular weight excluding hydrogens is 348 g/mol. The lowest BCUT2D eigenvalue weighted by atomic mass is 9.96. The van der Waals surface area contributed by atoms with E-state index in [1.54, 1.807) is 23.5 Å². The summed E-state index contributed by atoms with van der Waals surface area (Å²) in [6, 6.07) is 11.1. The van der Waals surface area contributed by atoms with Gasteiger partial charge in [-0.2, -0.15) is 5.26 Å². The Labute approximate surface area is 156 Å². The summed E-state index contributed by atoms with van der Waals surface area (Å²) in [6.07, 6.45) is 4.37. The highest BCUT2D eigenvalue weighted by Gasteiger charge is 2.23. The number of nitriles is 1. The molecule has 0 radical (unpaired) electrons. The van der Waals surface area contributed by atoms with Crippen molar-refractivity contribution in [3.05, 3.63) is 51.7 Å². The standard InChI is InChI=1S/C20H20N2O3S/c21-11-6-12-22(15-7-2-1-3-8-15)19(23)13-25-20(24)17-14-26-18-10-5-4-9-16(17)18/h1-3,7-8,14H,4-6,9-10,12-13H2. The number of carbonyl (C=O) groups excluding carboxylic acids is 2. The molecule has 5 nitrogen and oxygen atoms in total. The third-order valence-electron chi connectivity index (χ3n) is 4.42. The summed E-state index contributed by atoms with van der Waals surface area (Å²) in [7, 11) is 0. The molecule has 2 aromatic rings. The summed E-state index contributed by atoms with van der Waals surface area (Å²) < 4.78 is 5.29. The molecule has 1 aromatic carbocycles. The summed E-state index contributed by atoms with van der Waals surface area (Å²) in [5.74, 6) is -0.769. The number of aryl methyl sites for hydroxylation is 1. The van der Waals surface area contributed by atoms with Crippen LogP contribution >= 0.6 is 11.3 Å². The largest absolute Gasteiger partial charge is 0.452 e. The molecule has 134 valence electrons. The first-order valence-corrected chi connectivity index (χ1v) is 9.57. The van der Waals surface area contributed by atoms with Crippen molar-refractivity contribution in [3.8, 4) is 6.07 Å². The predicted molar refractivity (Wildman–Crippen MR) is 100 cm³/mol. The topological polar surface area (TPSA) is 70.4 Å². The molecule has 1 aliphatic rings. The fraction of sp³-hybridized carbons (Fsp3) is 0.350. The molecular formula is C20H20N2O3S. The van der Waals surface area contributed by atoms with Gasteiger partial charge in [-0.1, -0.05) is 18.2 Å². The first kappa shape index (κ1) is 18.2. The summed E-state index contributed by atoms with van der Waals surface area (Å²) in [5, 5.41) is 10.7. The van der Waals surface area contributed by atoms with Crippen LogP contribution < -0.4 is 4.90 Å². The van der Waals surface area contributed by atoms with Gasteiger partial charge in [0, 0.05) is 22.5 Å². The van der Waals surface area contributed by atoms with E-state index in [-0.39, 0.29) is 25.5 Å². The van der Waals surface area contributed by atoms with Crippen molar-refractivity contribution in [1.82, 2.24) is 0 Å². The van der Waals surface area contributed by atoms with Gasteiger partial charge >= 0.3 is 5.97 Å². The van der Waals surface area contributed by atoms with Crippen LogP contribution in [0.25, 0.3) is 0 Å². The Hall–Kier alpha value is -2.65. The lowest BCUT2D eigenvalue weighted by Gasteiger charge is -2.21. The molecule has 1 heterocycles. The van der Waals surface area contributed by atoms with E-state index in [1.807, 2.05) is 29.6 Å². The first-order valence-electron chi connectivity index (χ1n) is 8.69. The quantitative estimate of drug-likeness (QED) is 0.729. The van der Waals surface area contributed by atoms with Crippen molar-refractivity contribution in [3.63, 3.8) is 0 Å². The molecule has 6 heteroatoms. The highest BCUT2D eigenvalue weighted by atomic mass is 32.1. The molecule has 1 aromatic heterocycles. The van der Waals surface area contributed by atoms with Gasteiger partial charge in [0.15, 0.2) is 6.61 Å². The van der Waals surface area contributed by atoms with Gasteiger partial charge < -0.3 is 9.64 Å². The number of esters is 1. The Morgan fingerprint density at radius 2 is 1.96 bits per heavy atom. The molecule has 0 aliphatic heterocycles. The normalized spacial score (nSPS) is 12.7. The maximum Gasteiger partial charge on any atom is 0.339 e.